The van der Waals surface area contributed by atoms with E-state index < -0.39 is 30.1 Å². The number of ether oxygens (including phenoxy) is 5. The van der Waals surface area contributed by atoms with Crippen LogP contribution in [0.5, 0.6) is 11.5 Å². The number of nitrogens with zero attached hydrogens (tertiary/aromatic N) is 4. The van der Waals surface area contributed by atoms with Crippen LogP contribution in [0, 0.1) is 0 Å². The maximum Gasteiger partial charge on any atom is 0.167 e. The summed E-state index contributed by atoms with van der Waals surface area (Å²) in [6.07, 6.45) is -0.535. The minimum Gasteiger partial charge on any atom is -0.497 e. The molecule has 2 saturated heterocycles. The zero-order chi connectivity index (χ0) is 32.4. The maximum absolute atomic E-state index is 11.3. The summed E-state index contributed by atoms with van der Waals surface area (Å²) in [6.45, 7) is 1.21. The zero-order valence-electron chi connectivity index (χ0n) is 26.1. The second-order valence-electron chi connectivity index (χ2n) is 11.6. The molecule has 3 aromatic carbocycles. The predicted molar refractivity (Wildman–Crippen MR) is 172 cm³/mol. The standard InChI is InChI=1S/C35H37N5O7/c1-43-26-12-8-23(9-13-26)35(22-6-4-3-5-7-22,24-10-14-27(44-2)15-11-24)46-19-28-30(41)31(42)34(47-28)40-21-38-29-32(36-20-37-33(29)40)39-25-16-17-45-18-25/h3-15,20-21,25,28,30-31,34,41-42H,16-19H2,1-2H3,(H,36,37,39)/t25-,28-,30-,31-,34-/m1/s1. The molecule has 244 valence electrons. The van der Waals surface area contributed by atoms with Crippen molar-refractivity contribution >= 4 is 17.0 Å². The van der Waals surface area contributed by atoms with Gasteiger partial charge in [-0.05, 0) is 47.4 Å². The number of hydrogen-bond acceptors (Lipinski definition) is 11. The van der Waals surface area contributed by atoms with Gasteiger partial charge in [0.25, 0.3) is 0 Å². The number of benzene rings is 3. The molecule has 2 aliphatic rings. The van der Waals surface area contributed by atoms with Gasteiger partial charge in [0, 0.05) is 6.61 Å². The van der Waals surface area contributed by atoms with Gasteiger partial charge in [-0.25, -0.2) is 15.0 Å². The summed E-state index contributed by atoms with van der Waals surface area (Å²) in [5, 5.41) is 26.0. The molecule has 7 rings (SSSR count). The van der Waals surface area contributed by atoms with E-state index in [1.807, 2.05) is 78.9 Å². The third-order valence-electron chi connectivity index (χ3n) is 8.88. The average Bonchev–Trinajstić information content (AvgIpc) is 3.87. The van der Waals surface area contributed by atoms with Crippen LogP contribution in [0.4, 0.5) is 5.82 Å². The summed E-state index contributed by atoms with van der Waals surface area (Å²) in [5.41, 5.74) is 2.42. The van der Waals surface area contributed by atoms with Crippen LogP contribution < -0.4 is 14.8 Å². The molecule has 5 atom stereocenters. The second-order valence-corrected chi connectivity index (χ2v) is 11.6. The van der Waals surface area contributed by atoms with Crippen molar-refractivity contribution in [2.45, 2.75) is 42.6 Å². The van der Waals surface area contributed by atoms with Gasteiger partial charge in [-0.3, -0.25) is 4.57 Å². The molecule has 0 saturated carbocycles. The first-order valence-electron chi connectivity index (χ1n) is 15.5. The molecule has 0 bridgehead atoms. The highest BCUT2D eigenvalue weighted by atomic mass is 16.6. The minimum atomic E-state index is -1.27. The predicted octanol–water partition coefficient (Wildman–Crippen LogP) is 3.67. The number of rotatable bonds is 11. The molecule has 2 aromatic heterocycles. The van der Waals surface area contributed by atoms with Crippen molar-refractivity contribution in [3.05, 3.63) is 108 Å². The lowest BCUT2D eigenvalue weighted by Crippen LogP contribution is -2.39. The van der Waals surface area contributed by atoms with E-state index in [1.54, 1.807) is 25.1 Å². The van der Waals surface area contributed by atoms with Crippen LogP contribution in [-0.2, 0) is 19.8 Å². The molecule has 0 amide bonds. The summed E-state index contributed by atoms with van der Waals surface area (Å²) in [6, 6.07) is 25.3. The van der Waals surface area contributed by atoms with Gasteiger partial charge in [0.15, 0.2) is 23.2 Å². The quantitative estimate of drug-likeness (QED) is 0.182. The molecule has 2 fully saturated rings. The van der Waals surface area contributed by atoms with E-state index in [0.29, 0.717) is 41.7 Å². The summed E-state index contributed by atoms with van der Waals surface area (Å²) in [7, 11) is 3.24. The van der Waals surface area contributed by atoms with Gasteiger partial charge in [0.05, 0.1) is 39.8 Å². The van der Waals surface area contributed by atoms with Gasteiger partial charge in [0.1, 0.15) is 41.7 Å². The summed E-state index contributed by atoms with van der Waals surface area (Å²) >= 11 is 0. The van der Waals surface area contributed by atoms with Gasteiger partial charge < -0.3 is 39.2 Å². The highest BCUT2D eigenvalue weighted by molar-refractivity contribution is 5.82. The van der Waals surface area contributed by atoms with E-state index in [2.05, 4.69) is 20.3 Å². The molecule has 2 aliphatic heterocycles. The van der Waals surface area contributed by atoms with Crippen LogP contribution in [0.15, 0.2) is 91.5 Å². The maximum atomic E-state index is 11.3. The monoisotopic (exact) mass is 639 g/mol. The van der Waals surface area contributed by atoms with Gasteiger partial charge >= 0.3 is 0 Å². The lowest BCUT2D eigenvalue weighted by Gasteiger charge is -2.37. The van der Waals surface area contributed by atoms with Crippen molar-refractivity contribution in [2.75, 3.05) is 39.4 Å². The van der Waals surface area contributed by atoms with E-state index in [0.717, 1.165) is 23.1 Å². The normalized spacial score (nSPS) is 22.9. The summed E-state index contributed by atoms with van der Waals surface area (Å²) in [5.74, 6) is 1.98. The smallest absolute Gasteiger partial charge is 0.167 e. The first kappa shape index (κ1) is 31.0. The molecule has 0 spiro atoms. The Balaban J connectivity index is 1.21. The molecule has 12 nitrogen and oxygen atoms in total. The fourth-order valence-electron chi connectivity index (χ4n) is 6.36. The molecule has 0 aliphatic carbocycles. The lowest BCUT2D eigenvalue weighted by atomic mass is 9.80. The minimum absolute atomic E-state index is 0.0578. The Labute approximate surface area is 271 Å². The van der Waals surface area contributed by atoms with E-state index in [4.69, 9.17) is 23.7 Å². The van der Waals surface area contributed by atoms with Crippen molar-refractivity contribution in [1.82, 2.24) is 19.5 Å². The number of nitrogens with one attached hydrogen (secondary N) is 1. The van der Waals surface area contributed by atoms with Crippen molar-refractivity contribution in [3.63, 3.8) is 0 Å². The Bertz CT molecular complexity index is 1730. The fraction of sp³-hybridized carbons (Fsp3) is 0.343. The number of hydrogen-bond donors (Lipinski definition) is 3. The topological polar surface area (TPSA) is 142 Å². The van der Waals surface area contributed by atoms with E-state index in [-0.39, 0.29) is 12.6 Å². The first-order valence-corrected chi connectivity index (χ1v) is 15.5. The van der Waals surface area contributed by atoms with Crippen LogP contribution in [0.25, 0.3) is 11.2 Å². The summed E-state index contributed by atoms with van der Waals surface area (Å²) < 4.78 is 31.3. The Hall–Kier alpha value is -4.59. The SMILES string of the molecule is COc1ccc(C(OC[C@H]2O[C@@H](n3cnc4c(N[C@@H]5CCOC5)ncnc43)[C@H](O)[C@@H]2O)(c2ccccc2)c2ccc(OC)cc2)cc1. The van der Waals surface area contributed by atoms with Crippen molar-refractivity contribution < 1.29 is 33.9 Å². The molecular formula is C35H37N5O7. The Kier molecular flexibility index (Phi) is 8.76. The second kappa shape index (κ2) is 13.3. The fourth-order valence-corrected chi connectivity index (χ4v) is 6.36. The Morgan fingerprint density at radius 3 is 2.13 bits per heavy atom. The third-order valence-corrected chi connectivity index (χ3v) is 8.88. The Morgan fingerprint density at radius 1 is 0.851 bits per heavy atom. The molecule has 4 heterocycles. The zero-order valence-corrected chi connectivity index (χ0v) is 26.1. The molecule has 12 heteroatoms. The van der Waals surface area contributed by atoms with Crippen LogP contribution in [-0.4, -0.2) is 88.1 Å². The molecule has 47 heavy (non-hydrogen) atoms. The van der Waals surface area contributed by atoms with E-state index in [1.165, 1.54) is 6.33 Å². The van der Waals surface area contributed by atoms with E-state index >= 15 is 0 Å². The van der Waals surface area contributed by atoms with Crippen molar-refractivity contribution in [2.24, 2.45) is 0 Å². The molecule has 0 radical (unpaired) electrons. The highest BCUT2D eigenvalue weighted by Gasteiger charge is 2.47. The number of aliphatic hydroxyl groups is 2. The number of anilines is 1. The van der Waals surface area contributed by atoms with Gasteiger partial charge in [-0.15, -0.1) is 0 Å². The van der Waals surface area contributed by atoms with Gasteiger partial charge in [0.2, 0.25) is 0 Å². The van der Waals surface area contributed by atoms with Crippen molar-refractivity contribution in [3.8, 4) is 11.5 Å². The van der Waals surface area contributed by atoms with Crippen molar-refractivity contribution in [1.29, 1.82) is 0 Å². The lowest BCUT2D eigenvalue weighted by molar-refractivity contribution is -0.0942. The number of aromatic nitrogens is 4. The Morgan fingerprint density at radius 2 is 1.51 bits per heavy atom. The number of aliphatic hydroxyl groups excluding tert-OH is 2. The van der Waals surface area contributed by atoms with Crippen LogP contribution >= 0.6 is 0 Å². The van der Waals surface area contributed by atoms with Gasteiger partial charge in [-0.2, -0.15) is 0 Å². The molecular weight excluding hydrogens is 602 g/mol. The van der Waals surface area contributed by atoms with Gasteiger partial charge in [-0.1, -0.05) is 54.6 Å². The first-order chi connectivity index (χ1) is 23.0. The third kappa shape index (κ3) is 5.79. The summed E-state index contributed by atoms with van der Waals surface area (Å²) in [4.78, 5) is 13.3. The number of methoxy groups -OCH3 is 2. The number of fused-ring (bicyclic) bond motifs is 1. The van der Waals surface area contributed by atoms with Crippen LogP contribution in [0.2, 0.25) is 0 Å². The van der Waals surface area contributed by atoms with Crippen LogP contribution in [0.3, 0.4) is 0 Å². The highest BCUT2D eigenvalue weighted by Crippen LogP contribution is 2.43. The molecule has 5 aromatic rings. The van der Waals surface area contributed by atoms with E-state index in [9.17, 15) is 10.2 Å². The average molecular weight is 640 g/mol. The molecule has 0 unspecified atom stereocenters. The van der Waals surface area contributed by atoms with Crippen LogP contribution in [0.1, 0.15) is 29.3 Å². The number of imidazole rings is 1. The largest absolute Gasteiger partial charge is 0.497 e. The molecule has 3 N–H and O–H groups in total.